The Morgan fingerprint density at radius 2 is 1.72 bits per heavy atom. The van der Waals surface area contributed by atoms with Crippen LogP contribution in [0.4, 0.5) is 17.1 Å². The van der Waals surface area contributed by atoms with Gasteiger partial charge in [0.15, 0.2) is 5.88 Å². The maximum absolute atomic E-state index is 12.1. The third-order valence-corrected chi connectivity index (χ3v) is 6.84. The normalized spacial score (nSPS) is 12.4. The average molecular weight is 449 g/mol. The van der Waals surface area contributed by atoms with Gasteiger partial charge in [0.05, 0.1) is 22.2 Å². The van der Waals surface area contributed by atoms with Crippen LogP contribution in [-0.4, -0.2) is 29.5 Å². The van der Waals surface area contributed by atoms with Crippen molar-refractivity contribution in [1.29, 1.82) is 0 Å². The molecule has 1 heterocycles. The fraction of sp³-hybridized carbons (Fsp3) is 0.125. The van der Waals surface area contributed by atoms with Gasteiger partial charge >= 0.3 is 0 Å². The highest BCUT2D eigenvalue weighted by Gasteiger charge is 2.19. The molecule has 3 aromatic carbocycles. The molecule has 0 aliphatic carbocycles. The first-order chi connectivity index (χ1) is 15.2. The number of hydrogen-bond acceptors (Lipinski definition) is 5. The molecular formula is C24H24N4O3S. The summed E-state index contributed by atoms with van der Waals surface area (Å²) in [6.45, 7) is 3.24. The van der Waals surface area contributed by atoms with Gasteiger partial charge in [-0.15, -0.1) is 0 Å². The summed E-state index contributed by atoms with van der Waals surface area (Å²) in [5.41, 5.74) is 10.3. The number of aliphatic imine (C=N–C) groups is 1. The van der Waals surface area contributed by atoms with Crippen molar-refractivity contribution in [2.24, 2.45) is 4.99 Å². The second-order valence-electron chi connectivity index (χ2n) is 7.72. The predicted molar refractivity (Wildman–Crippen MR) is 130 cm³/mol. The fourth-order valence-corrected chi connectivity index (χ4v) is 4.01. The van der Waals surface area contributed by atoms with Crippen LogP contribution in [0.2, 0.25) is 0 Å². The quantitative estimate of drug-likeness (QED) is 0.251. The SMILES string of the molecule is CC(C)S(=O)(=O)Nc1ccc(N=C(c2ccccc2)c2c(O)[nH]c3ccc(N)cc23)cc1. The van der Waals surface area contributed by atoms with Crippen molar-refractivity contribution in [3.63, 3.8) is 0 Å². The Morgan fingerprint density at radius 3 is 2.38 bits per heavy atom. The molecule has 32 heavy (non-hydrogen) atoms. The molecule has 0 atom stereocenters. The van der Waals surface area contributed by atoms with Crippen LogP contribution in [0.1, 0.15) is 25.0 Å². The largest absolute Gasteiger partial charge is 0.494 e. The Labute approximate surface area is 186 Å². The number of hydrogen-bond donors (Lipinski definition) is 4. The van der Waals surface area contributed by atoms with Crippen LogP contribution >= 0.6 is 0 Å². The third kappa shape index (κ3) is 4.31. The van der Waals surface area contributed by atoms with Crippen molar-refractivity contribution >= 4 is 43.7 Å². The van der Waals surface area contributed by atoms with Gasteiger partial charge in [-0.2, -0.15) is 0 Å². The molecule has 7 nitrogen and oxygen atoms in total. The minimum atomic E-state index is -3.43. The first kappa shape index (κ1) is 21.5. The minimum Gasteiger partial charge on any atom is -0.494 e. The lowest BCUT2D eigenvalue weighted by atomic mass is 10.0. The number of benzene rings is 3. The number of nitrogens with zero attached hydrogens (tertiary/aromatic N) is 1. The van der Waals surface area contributed by atoms with Crippen LogP contribution in [0, 0.1) is 0 Å². The van der Waals surface area contributed by atoms with E-state index in [4.69, 9.17) is 10.7 Å². The van der Waals surface area contributed by atoms with E-state index in [2.05, 4.69) is 9.71 Å². The number of aromatic nitrogens is 1. The number of nitrogens with two attached hydrogens (primary N) is 1. The minimum absolute atomic E-state index is 0.00508. The molecular weight excluding hydrogens is 424 g/mol. The number of fused-ring (bicyclic) bond motifs is 1. The molecule has 0 aliphatic rings. The fourth-order valence-electron chi connectivity index (χ4n) is 3.31. The molecule has 1 aromatic heterocycles. The highest BCUT2D eigenvalue weighted by Crippen LogP contribution is 2.32. The van der Waals surface area contributed by atoms with E-state index in [1.54, 1.807) is 50.2 Å². The number of aromatic amines is 1. The van der Waals surface area contributed by atoms with E-state index in [-0.39, 0.29) is 5.88 Å². The van der Waals surface area contributed by atoms with Gasteiger partial charge in [0.2, 0.25) is 10.0 Å². The molecule has 8 heteroatoms. The van der Waals surface area contributed by atoms with Crippen molar-refractivity contribution in [3.05, 3.63) is 83.9 Å². The summed E-state index contributed by atoms with van der Waals surface area (Å²) in [5.74, 6) is -0.00508. The zero-order valence-corrected chi connectivity index (χ0v) is 18.5. The summed E-state index contributed by atoms with van der Waals surface area (Å²) in [4.78, 5) is 7.78. The molecule has 0 spiro atoms. The van der Waals surface area contributed by atoms with E-state index in [9.17, 15) is 13.5 Å². The van der Waals surface area contributed by atoms with Crippen LogP contribution in [0.5, 0.6) is 5.88 Å². The van der Waals surface area contributed by atoms with Gasteiger partial charge in [-0.25, -0.2) is 13.4 Å². The van der Waals surface area contributed by atoms with Gasteiger partial charge in [-0.1, -0.05) is 30.3 Å². The van der Waals surface area contributed by atoms with Gasteiger partial charge in [0.25, 0.3) is 0 Å². The Morgan fingerprint density at radius 1 is 1.03 bits per heavy atom. The van der Waals surface area contributed by atoms with Gasteiger partial charge in [-0.3, -0.25) is 4.72 Å². The summed E-state index contributed by atoms with van der Waals surface area (Å²) >= 11 is 0. The molecule has 5 N–H and O–H groups in total. The van der Waals surface area contributed by atoms with Gasteiger partial charge in [0.1, 0.15) is 0 Å². The van der Waals surface area contributed by atoms with Crippen molar-refractivity contribution in [1.82, 2.24) is 4.98 Å². The molecule has 0 radical (unpaired) electrons. The molecule has 0 saturated heterocycles. The zero-order valence-electron chi connectivity index (χ0n) is 17.7. The lowest BCUT2D eigenvalue weighted by Crippen LogP contribution is -2.22. The summed E-state index contributed by atoms with van der Waals surface area (Å²) in [5, 5.41) is 10.9. The van der Waals surface area contributed by atoms with Gasteiger partial charge < -0.3 is 15.8 Å². The third-order valence-electron chi connectivity index (χ3n) is 5.08. The molecule has 4 rings (SSSR count). The van der Waals surface area contributed by atoms with Crippen molar-refractivity contribution < 1.29 is 13.5 Å². The second kappa shape index (κ2) is 8.39. The first-order valence-electron chi connectivity index (χ1n) is 10.1. The number of nitrogen functional groups attached to an aromatic ring is 1. The Kier molecular flexibility index (Phi) is 5.63. The predicted octanol–water partition coefficient (Wildman–Crippen LogP) is 4.77. The summed E-state index contributed by atoms with van der Waals surface area (Å²) in [7, 11) is -3.43. The van der Waals surface area contributed by atoms with E-state index in [1.165, 1.54) is 0 Å². The molecule has 0 bridgehead atoms. The zero-order chi connectivity index (χ0) is 22.9. The highest BCUT2D eigenvalue weighted by molar-refractivity contribution is 7.93. The van der Waals surface area contributed by atoms with Crippen molar-refractivity contribution in [2.75, 3.05) is 10.5 Å². The maximum atomic E-state index is 12.1. The molecule has 4 aromatic rings. The number of sulfonamides is 1. The molecule has 0 aliphatic heterocycles. The van der Waals surface area contributed by atoms with Gasteiger partial charge in [-0.05, 0) is 56.3 Å². The number of aromatic hydroxyl groups is 1. The van der Waals surface area contributed by atoms with E-state index in [0.717, 1.165) is 16.5 Å². The molecule has 0 unspecified atom stereocenters. The number of nitrogens with one attached hydrogen (secondary N) is 2. The monoisotopic (exact) mass is 448 g/mol. The summed E-state index contributed by atoms with van der Waals surface area (Å²) < 4.78 is 26.8. The van der Waals surface area contributed by atoms with Crippen LogP contribution in [0.15, 0.2) is 77.8 Å². The number of H-pyrrole nitrogens is 1. The summed E-state index contributed by atoms with van der Waals surface area (Å²) in [6, 6.07) is 21.7. The first-order valence-corrected chi connectivity index (χ1v) is 11.7. The topological polar surface area (TPSA) is 121 Å². The van der Waals surface area contributed by atoms with Crippen LogP contribution in [0.25, 0.3) is 10.9 Å². The Hall–Kier alpha value is -3.78. The summed E-state index contributed by atoms with van der Waals surface area (Å²) in [6.07, 6.45) is 0. The van der Waals surface area contributed by atoms with E-state index < -0.39 is 15.3 Å². The molecule has 0 amide bonds. The highest BCUT2D eigenvalue weighted by atomic mass is 32.2. The number of anilines is 2. The van der Waals surface area contributed by atoms with Gasteiger partial charge in [0, 0.05) is 27.8 Å². The lowest BCUT2D eigenvalue weighted by Gasteiger charge is -2.11. The Bertz CT molecular complexity index is 1390. The molecule has 0 saturated carbocycles. The van der Waals surface area contributed by atoms with Crippen LogP contribution in [-0.2, 0) is 10.0 Å². The van der Waals surface area contributed by atoms with Crippen LogP contribution in [0.3, 0.4) is 0 Å². The standard InChI is InChI=1S/C24H24N4O3S/c1-15(2)32(30,31)28-19-11-9-18(10-12-19)26-23(16-6-4-3-5-7-16)22-20-14-17(25)8-13-21(20)27-24(22)29/h3-15,27-29H,25H2,1-2H3. The molecule has 0 fully saturated rings. The Balaban J connectivity index is 1.81. The van der Waals surface area contributed by atoms with E-state index in [1.807, 2.05) is 36.4 Å². The van der Waals surface area contributed by atoms with Crippen molar-refractivity contribution in [3.8, 4) is 5.88 Å². The second-order valence-corrected chi connectivity index (χ2v) is 9.96. The lowest BCUT2D eigenvalue weighted by molar-refractivity contribution is 0.457. The molecule has 164 valence electrons. The average Bonchev–Trinajstić information content (AvgIpc) is 3.08. The van der Waals surface area contributed by atoms with E-state index in [0.29, 0.717) is 28.3 Å². The van der Waals surface area contributed by atoms with Crippen LogP contribution < -0.4 is 10.5 Å². The number of rotatable bonds is 6. The van der Waals surface area contributed by atoms with E-state index >= 15 is 0 Å². The smallest absolute Gasteiger partial charge is 0.235 e. The van der Waals surface area contributed by atoms with Crippen molar-refractivity contribution in [2.45, 2.75) is 19.1 Å². The maximum Gasteiger partial charge on any atom is 0.235 e.